The number of nitrogens with one attached hydrogen (secondary N) is 3. The Morgan fingerprint density at radius 3 is 2.43 bits per heavy atom. The molecule has 0 radical (unpaired) electrons. The SMILES string of the molecule is CCc1ccc(NC(=O)COc2cccc(/C=N\NC(=O)C(=O)Nc3ccccc3OC)c2)cc1. The molecule has 0 saturated heterocycles. The van der Waals surface area contributed by atoms with Crippen molar-refractivity contribution in [1.82, 2.24) is 5.43 Å². The third kappa shape index (κ3) is 7.71. The highest BCUT2D eigenvalue weighted by atomic mass is 16.5. The van der Waals surface area contributed by atoms with Gasteiger partial charge in [0.15, 0.2) is 6.61 Å². The van der Waals surface area contributed by atoms with Crippen molar-refractivity contribution in [2.24, 2.45) is 5.10 Å². The van der Waals surface area contributed by atoms with Gasteiger partial charge in [-0.05, 0) is 53.9 Å². The zero-order valence-electron chi connectivity index (χ0n) is 19.4. The second kappa shape index (κ2) is 12.5. The molecule has 9 nitrogen and oxygen atoms in total. The number of hydrazone groups is 1. The maximum absolute atomic E-state index is 12.2. The van der Waals surface area contributed by atoms with Crippen LogP contribution in [-0.2, 0) is 20.8 Å². The highest BCUT2D eigenvalue weighted by Crippen LogP contribution is 2.22. The Hall–Kier alpha value is -4.66. The van der Waals surface area contributed by atoms with Crippen molar-refractivity contribution in [2.45, 2.75) is 13.3 Å². The smallest absolute Gasteiger partial charge is 0.329 e. The lowest BCUT2D eigenvalue weighted by Gasteiger charge is -2.09. The molecule has 3 amide bonds. The molecule has 0 saturated carbocycles. The molecular formula is C26H26N4O5. The van der Waals surface area contributed by atoms with E-state index in [0.29, 0.717) is 28.4 Å². The van der Waals surface area contributed by atoms with Gasteiger partial charge in [0.1, 0.15) is 11.5 Å². The Bertz CT molecular complexity index is 1210. The Labute approximate surface area is 203 Å². The number of carbonyl (C=O) groups excluding carboxylic acids is 3. The fourth-order valence-electron chi connectivity index (χ4n) is 3.00. The molecule has 0 aromatic heterocycles. The maximum Gasteiger partial charge on any atom is 0.329 e. The van der Waals surface area contributed by atoms with Gasteiger partial charge >= 0.3 is 11.8 Å². The molecule has 35 heavy (non-hydrogen) atoms. The van der Waals surface area contributed by atoms with Crippen molar-refractivity contribution >= 4 is 35.3 Å². The molecule has 3 N–H and O–H groups in total. The van der Waals surface area contributed by atoms with Gasteiger partial charge in [0.2, 0.25) is 0 Å². The number of nitrogens with zero attached hydrogens (tertiary/aromatic N) is 1. The summed E-state index contributed by atoms with van der Waals surface area (Å²) in [7, 11) is 1.46. The largest absolute Gasteiger partial charge is 0.495 e. The van der Waals surface area contributed by atoms with Crippen molar-refractivity contribution in [3.63, 3.8) is 0 Å². The second-order valence-electron chi connectivity index (χ2n) is 7.31. The summed E-state index contributed by atoms with van der Waals surface area (Å²) in [6.45, 7) is 1.89. The lowest BCUT2D eigenvalue weighted by Crippen LogP contribution is -2.32. The number of anilines is 2. The molecule has 0 bridgehead atoms. The summed E-state index contributed by atoms with van der Waals surface area (Å²) in [5, 5.41) is 9.04. The Balaban J connectivity index is 1.48. The van der Waals surface area contributed by atoms with Crippen molar-refractivity contribution in [1.29, 1.82) is 0 Å². The van der Waals surface area contributed by atoms with Crippen LogP contribution in [-0.4, -0.2) is 37.7 Å². The van der Waals surface area contributed by atoms with Crippen molar-refractivity contribution in [2.75, 3.05) is 24.4 Å². The van der Waals surface area contributed by atoms with Gasteiger partial charge < -0.3 is 20.1 Å². The van der Waals surface area contributed by atoms with Crippen LogP contribution >= 0.6 is 0 Å². The Kier molecular flexibility index (Phi) is 8.95. The molecule has 0 unspecified atom stereocenters. The normalized spacial score (nSPS) is 10.5. The molecule has 9 heteroatoms. The number of benzene rings is 3. The molecule has 3 aromatic carbocycles. The summed E-state index contributed by atoms with van der Waals surface area (Å²) >= 11 is 0. The van der Waals surface area contributed by atoms with Crippen LogP contribution in [0.25, 0.3) is 0 Å². The predicted octanol–water partition coefficient (Wildman–Crippen LogP) is 3.36. The van der Waals surface area contributed by atoms with Crippen LogP contribution in [0.4, 0.5) is 11.4 Å². The van der Waals surface area contributed by atoms with Gasteiger partial charge in [0, 0.05) is 5.69 Å². The van der Waals surface area contributed by atoms with Crippen LogP contribution in [0.5, 0.6) is 11.5 Å². The van der Waals surface area contributed by atoms with Crippen LogP contribution in [0.3, 0.4) is 0 Å². The summed E-state index contributed by atoms with van der Waals surface area (Å²) in [5.74, 6) is -1.24. The summed E-state index contributed by atoms with van der Waals surface area (Å²) in [5.41, 5.74) is 5.02. The average Bonchev–Trinajstić information content (AvgIpc) is 2.88. The van der Waals surface area contributed by atoms with Gasteiger partial charge in [0.05, 0.1) is 19.0 Å². The first kappa shape index (κ1) is 25.0. The first-order valence-electron chi connectivity index (χ1n) is 10.9. The minimum Gasteiger partial charge on any atom is -0.495 e. The van der Waals surface area contributed by atoms with Crippen LogP contribution in [0.2, 0.25) is 0 Å². The van der Waals surface area contributed by atoms with Gasteiger partial charge in [-0.15, -0.1) is 0 Å². The van der Waals surface area contributed by atoms with Gasteiger partial charge in [-0.25, -0.2) is 5.43 Å². The Morgan fingerprint density at radius 2 is 1.69 bits per heavy atom. The highest BCUT2D eigenvalue weighted by molar-refractivity contribution is 6.39. The quantitative estimate of drug-likeness (QED) is 0.250. The average molecular weight is 475 g/mol. The van der Waals surface area contributed by atoms with E-state index in [0.717, 1.165) is 6.42 Å². The highest BCUT2D eigenvalue weighted by Gasteiger charge is 2.14. The molecule has 0 atom stereocenters. The number of carbonyl (C=O) groups is 3. The molecular weight excluding hydrogens is 448 g/mol. The number of methoxy groups -OCH3 is 1. The molecule has 0 aliphatic heterocycles. The lowest BCUT2D eigenvalue weighted by atomic mass is 10.1. The molecule has 180 valence electrons. The van der Waals surface area contributed by atoms with Crippen molar-refractivity contribution < 1.29 is 23.9 Å². The summed E-state index contributed by atoms with van der Waals surface area (Å²) in [4.78, 5) is 36.3. The van der Waals surface area contributed by atoms with Crippen LogP contribution in [0.15, 0.2) is 77.9 Å². The molecule has 0 spiro atoms. The third-order valence-corrected chi connectivity index (χ3v) is 4.82. The molecule has 3 aromatic rings. The summed E-state index contributed by atoms with van der Waals surface area (Å²) in [6.07, 6.45) is 2.28. The van der Waals surface area contributed by atoms with E-state index in [1.165, 1.54) is 18.9 Å². The van der Waals surface area contributed by atoms with Crippen molar-refractivity contribution in [3.8, 4) is 11.5 Å². The van der Waals surface area contributed by atoms with E-state index in [-0.39, 0.29) is 12.5 Å². The summed E-state index contributed by atoms with van der Waals surface area (Å²) in [6, 6.07) is 21.1. The minimum absolute atomic E-state index is 0.171. The van der Waals surface area contributed by atoms with Gasteiger partial charge in [0.25, 0.3) is 5.91 Å². The van der Waals surface area contributed by atoms with E-state index < -0.39 is 11.8 Å². The molecule has 0 heterocycles. The number of amides is 3. The minimum atomic E-state index is -0.941. The van der Waals surface area contributed by atoms with E-state index in [1.54, 1.807) is 48.5 Å². The Morgan fingerprint density at radius 1 is 0.914 bits per heavy atom. The van der Waals surface area contributed by atoms with E-state index in [2.05, 4.69) is 28.1 Å². The maximum atomic E-state index is 12.2. The number of para-hydroxylation sites is 2. The fraction of sp³-hybridized carbons (Fsp3) is 0.154. The number of ether oxygens (including phenoxy) is 2. The van der Waals surface area contributed by atoms with E-state index in [4.69, 9.17) is 9.47 Å². The number of aryl methyl sites for hydroxylation is 1. The number of hydrogen-bond acceptors (Lipinski definition) is 6. The summed E-state index contributed by atoms with van der Waals surface area (Å²) < 4.78 is 10.7. The second-order valence-corrected chi connectivity index (χ2v) is 7.31. The first-order valence-corrected chi connectivity index (χ1v) is 10.9. The van der Waals surface area contributed by atoms with Gasteiger partial charge in [-0.2, -0.15) is 5.10 Å². The number of rotatable bonds is 9. The monoisotopic (exact) mass is 474 g/mol. The lowest BCUT2D eigenvalue weighted by molar-refractivity contribution is -0.136. The number of hydrogen-bond donors (Lipinski definition) is 3. The van der Waals surface area contributed by atoms with E-state index in [1.807, 2.05) is 24.3 Å². The third-order valence-electron chi connectivity index (χ3n) is 4.82. The standard InChI is InChI=1S/C26H26N4O5/c1-3-18-11-13-20(14-12-18)28-24(31)17-35-21-8-6-7-19(15-21)16-27-30-26(33)25(32)29-22-9-4-5-10-23(22)34-2/h4-16H,3,17H2,1-2H3,(H,28,31)(H,29,32)(H,30,33)/b27-16-. The van der Waals surface area contributed by atoms with E-state index >= 15 is 0 Å². The molecule has 3 rings (SSSR count). The van der Waals surface area contributed by atoms with Gasteiger partial charge in [-0.1, -0.05) is 43.3 Å². The zero-order chi connectivity index (χ0) is 25.0. The van der Waals surface area contributed by atoms with Crippen LogP contribution in [0, 0.1) is 0 Å². The first-order chi connectivity index (χ1) is 17.0. The van der Waals surface area contributed by atoms with E-state index in [9.17, 15) is 14.4 Å². The van der Waals surface area contributed by atoms with Crippen LogP contribution in [0.1, 0.15) is 18.1 Å². The molecule has 0 aliphatic carbocycles. The topological polar surface area (TPSA) is 118 Å². The van der Waals surface area contributed by atoms with Crippen LogP contribution < -0.4 is 25.5 Å². The molecule has 0 aliphatic rings. The zero-order valence-corrected chi connectivity index (χ0v) is 19.4. The van der Waals surface area contributed by atoms with Crippen molar-refractivity contribution in [3.05, 3.63) is 83.9 Å². The van der Waals surface area contributed by atoms with Gasteiger partial charge in [-0.3, -0.25) is 14.4 Å². The predicted molar refractivity (Wildman–Crippen MR) is 134 cm³/mol. The molecule has 0 fully saturated rings. The fourth-order valence-corrected chi connectivity index (χ4v) is 3.00.